The van der Waals surface area contributed by atoms with E-state index in [1.807, 2.05) is 20.8 Å². The highest BCUT2D eigenvalue weighted by molar-refractivity contribution is 5.76. The minimum absolute atomic E-state index is 0.0286. The summed E-state index contributed by atoms with van der Waals surface area (Å²) >= 11 is 0. The zero-order valence-corrected chi connectivity index (χ0v) is 14.0. The Morgan fingerprint density at radius 2 is 1.87 bits per heavy atom. The van der Waals surface area contributed by atoms with Crippen molar-refractivity contribution < 1.29 is 14.3 Å². The van der Waals surface area contributed by atoms with Gasteiger partial charge in [-0.1, -0.05) is 0 Å². The van der Waals surface area contributed by atoms with Gasteiger partial charge in [-0.2, -0.15) is 5.10 Å². The largest absolute Gasteiger partial charge is 0.444 e. The minimum atomic E-state index is -0.515. The van der Waals surface area contributed by atoms with E-state index in [0.717, 1.165) is 6.42 Å². The Labute approximate surface area is 136 Å². The number of nitrogens with two attached hydrogens (primary N) is 1. The molecule has 1 aliphatic heterocycles. The van der Waals surface area contributed by atoms with Crippen molar-refractivity contribution in [3.63, 3.8) is 0 Å². The standard InChI is InChI=1S/C15H25N5O3/c1-15(2,3)23-14(22)19-7-4-6-18(9-10-19)13(21)11-20-8-5-12(16)17-20/h5,8H,4,6-7,9-11H2,1-3H3,(H2,16,17). The fraction of sp³-hybridized carbons (Fsp3) is 0.667. The molecule has 0 saturated carbocycles. The van der Waals surface area contributed by atoms with Crippen LogP contribution in [0.1, 0.15) is 27.2 Å². The maximum Gasteiger partial charge on any atom is 0.410 e. The number of anilines is 1. The van der Waals surface area contributed by atoms with Gasteiger partial charge in [-0.15, -0.1) is 0 Å². The molecule has 1 saturated heterocycles. The lowest BCUT2D eigenvalue weighted by molar-refractivity contribution is -0.131. The quantitative estimate of drug-likeness (QED) is 0.874. The first-order valence-electron chi connectivity index (χ1n) is 7.79. The normalized spacial score (nSPS) is 16.1. The zero-order valence-electron chi connectivity index (χ0n) is 14.0. The molecule has 128 valence electrons. The van der Waals surface area contributed by atoms with Crippen molar-refractivity contribution in [2.75, 3.05) is 31.9 Å². The van der Waals surface area contributed by atoms with Crippen LogP contribution in [0.25, 0.3) is 0 Å². The Balaban J connectivity index is 1.88. The van der Waals surface area contributed by atoms with Gasteiger partial charge in [0.15, 0.2) is 0 Å². The lowest BCUT2D eigenvalue weighted by Gasteiger charge is -2.26. The number of nitrogens with zero attached hydrogens (tertiary/aromatic N) is 4. The summed E-state index contributed by atoms with van der Waals surface area (Å²) in [4.78, 5) is 27.8. The van der Waals surface area contributed by atoms with Crippen LogP contribution >= 0.6 is 0 Å². The topological polar surface area (TPSA) is 93.7 Å². The number of carbonyl (C=O) groups is 2. The molecular weight excluding hydrogens is 298 g/mol. The fourth-order valence-electron chi connectivity index (χ4n) is 2.38. The first-order chi connectivity index (χ1) is 10.7. The molecule has 0 radical (unpaired) electrons. The number of nitrogen functional groups attached to an aromatic ring is 1. The number of ether oxygens (including phenoxy) is 1. The molecule has 0 unspecified atom stereocenters. The molecule has 0 aliphatic carbocycles. The highest BCUT2D eigenvalue weighted by Crippen LogP contribution is 2.12. The van der Waals surface area contributed by atoms with Crippen LogP contribution in [0, 0.1) is 0 Å². The van der Waals surface area contributed by atoms with Gasteiger partial charge in [0.25, 0.3) is 0 Å². The molecule has 2 rings (SSSR count). The predicted octanol–water partition coefficient (Wildman–Crippen LogP) is 0.935. The number of amides is 2. The third kappa shape index (κ3) is 5.15. The van der Waals surface area contributed by atoms with Crippen molar-refractivity contribution in [3.8, 4) is 0 Å². The molecule has 0 bridgehead atoms. The lowest BCUT2D eigenvalue weighted by Crippen LogP contribution is -2.40. The van der Waals surface area contributed by atoms with Gasteiger partial charge in [-0.05, 0) is 33.3 Å². The number of aromatic nitrogens is 2. The third-order valence-corrected chi connectivity index (χ3v) is 3.46. The average Bonchev–Trinajstić information content (AvgIpc) is 2.71. The summed E-state index contributed by atoms with van der Waals surface area (Å²) in [6.45, 7) is 7.86. The summed E-state index contributed by atoms with van der Waals surface area (Å²) in [5.74, 6) is 0.365. The SMILES string of the molecule is CC(C)(C)OC(=O)N1CCCN(C(=O)Cn2ccc(N)n2)CC1. The maximum absolute atomic E-state index is 12.3. The summed E-state index contributed by atoms with van der Waals surface area (Å²) in [6, 6.07) is 1.65. The summed E-state index contributed by atoms with van der Waals surface area (Å²) in [5.41, 5.74) is 5.03. The molecule has 2 amide bonds. The molecule has 2 heterocycles. The van der Waals surface area contributed by atoms with E-state index in [2.05, 4.69) is 5.10 Å². The van der Waals surface area contributed by atoms with Gasteiger partial charge in [0.1, 0.15) is 18.0 Å². The van der Waals surface area contributed by atoms with Gasteiger partial charge < -0.3 is 20.3 Å². The molecule has 0 atom stereocenters. The van der Waals surface area contributed by atoms with Gasteiger partial charge >= 0.3 is 6.09 Å². The van der Waals surface area contributed by atoms with E-state index in [1.165, 1.54) is 4.68 Å². The van der Waals surface area contributed by atoms with E-state index in [1.54, 1.807) is 22.1 Å². The van der Waals surface area contributed by atoms with Crippen molar-refractivity contribution in [2.24, 2.45) is 0 Å². The van der Waals surface area contributed by atoms with E-state index in [4.69, 9.17) is 10.5 Å². The lowest BCUT2D eigenvalue weighted by atomic mass is 10.2. The van der Waals surface area contributed by atoms with Crippen molar-refractivity contribution in [2.45, 2.75) is 39.3 Å². The highest BCUT2D eigenvalue weighted by Gasteiger charge is 2.26. The van der Waals surface area contributed by atoms with Crippen LogP contribution < -0.4 is 5.73 Å². The summed E-state index contributed by atoms with van der Waals surface area (Å²) in [6.07, 6.45) is 2.08. The fourth-order valence-corrected chi connectivity index (χ4v) is 2.38. The van der Waals surface area contributed by atoms with Crippen LogP contribution in [0.4, 0.5) is 10.6 Å². The molecule has 0 aromatic carbocycles. The third-order valence-electron chi connectivity index (χ3n) is 3.46. The van der Waals surface area contributed by atoms with Crippen molar-refractivity contribution in [3.05, 3.63) is 12.3 Å². The van der Waals surface area contributed by atoms with Crippen molar-refractivity contribution in [1.29, 1.82) is 0 Å². The first-order valence-corrected chi connectivity index (χ1v) is 7.79. The van der Waals surface area contributed by atoms with E-state index >= 15 is 0 Å². The molecular formula is C15H25N5O3. The molecule has 1 fully saturated rings. The highest BCUT2D eigenvalue weighted by atomic mass is 16.6. The molecule has 8 nitrogen and oxygen atoms in total. The monoisotopic (exact) mass is 323 g/mol. The predicted molar refractivity (Wildman–Crippen MR) is 85.6 cm³/mol. The average molecular weight is 323 g/mol. The Hall–Kier alpha value is -2.25. The van der Waals surface area contributed by atoms with E-state index in [0.29, 0.717) is 32.0 Å². The van der Waals surface area contributed by atoms with Crippen LogP contribution in [0.15, 0.2) is 12.3 Å². The number of rotatable bonds is 2. The number of hydrogen-bond donors (Lipinski definition) is 1. The number of hydrogen-bond acceptors (Lipinski definition) is 5. The second-order valence-electron chi connectivity index (χ2n) is 6.64. The molecule has 1 aromatic rings. The van der Waals surface area contributed by atoms with E-state index in [-0.39, 0.29) is 18.5 Å². The Morgan fingerprint density at radius 3 is 2.48 bits per heavy atom. The summed E-state index contributed by atoms with van der Waals surface area (Å²) in [7, 11) is 0. The van der Waals surface area contributed by atoms with Crippen molar-refractivity contribution >= 4 is 17.8 Å². The molecule has 1 aliphatic rings. The molecule has 23 heavy (non-hydrogen) atoms. The zero-order chi connectivity index (χ0) is 17.0. The van der Waals surface area contributed by atoms with Gasteiger partial charge in [0.05, 0.1) is 0 Å². The van der Waals surface area contributed by atoms with Crippen LogP contribution in [-0.2, 0) is 16.1 Å². The Kier molecular flexibility index (Phi) is 5.12. The molecule has 2 N–H and O–H groups in total. The van der Waals surface area contributed by atoms with E-state index in [9.17, 15) is 9.59 Å². The molecule has 8 heteroatoms. The molecule has 1 aromatic heterocycles. The van der Waals surface area contributed by atoms with Crippen LogP contribution in [0.3, 0.4) is 0 Å². The summed E-state index contributed by atoms with van der Waals surface area (Å²) in [5, 5.41) is 4.01. The maximum atomic E-state index is 12.3. The second kappa shape index (κ2) is 6.89. The number of carbonyl (C=O) groups excluding carboxylic acids is 2. The van der Waals surface area contributed by atoms with Gasteiger partial charge in [-0.3, -0.25) is 9.48 Å². The van der Waals surface area contributed by atoms with Crippen LogP contribution in [0.5, 0.6) is 0 Å². The first kappa shape index (κ1) is 17.1. The van der Waals surface area contributed by atoms with Gasteiger partial charge in [0, 0.05) is 32.4 Å². The summed E-state index contributed by atoms with van der Waals surface area (Å²) < 4.78 is 6.90. The van der Waals surface area contributed by atoms with Crippen LogP contribution in [0.2, 0.25) is 0 Å². The minimum Gasteiger partial charge on any atom is -0.444 e. The van der Waals surface area contributed by atoms with Gasteiger partial charge in [-0.25, -0.2) is 4.79 Å². The van der Waals surface area contributed by atoms with Crippen LogP contribution in [-0.4, -0.2) is 63.4 Å². The molecule has 0 spiro atoms. The van der Waals surface area contributed by atoms with Gasteiger partial charge in [0.2, 0.25) is 5.91 Å². The Morgan fingerprint density at radius 1 is 1.22 bits per heavy atom. The second-order valence-corrected chi connectivity index (χ2v) is 6.64. The van der Waals surface area contributed by atoms with E-state index < -0.39 is 5.60 Å². The smallest absolute Gasteiger partial charge is 0.410 e. The van der Waals surface area contributed by atoms with Crippen molar-refractivity contribution in [1.82, 2.24) is 19.6 Å². The Bertz CT molecular complexity index is 564.